The number of carbonyl (C=O) groups excluding carboxylic acids is 4. The molecule has 1 aliphatic heterocycles. The predicted molar refractivity (Wildman–Crippen MR) is 121 cm³/mol. The van der Waals surface area contributed by atoms with Crippen LogP contribution >= 0.6 is 0 Å². The molecule has 2 heterocycles. The zero-order valence-corrected chi connectivity index (χ0v) is 19.9. The maximum absolute atomic E-state index is 11.9. The van der Waals surface area contributed by atoms with E-state index in [4.69, 9.17) is 23.7 Å². The second-order valence-electron chi connectivity index (χ2n) is 7.99. The van der Waals surface area contributed by atoms with Crippen molar-refractivity contribution in [2.24, 2.45) is 0 Å². The highest BCUT2D eigenvalue weighted by molar-refractivity contribution is 5.89. The Balaban J connectivity index is 1.95. The Morgan fingerprint density at radius 1 is 1.00 bits per heavy atom. The van der Waals surface area contributed by atoms with Gasteiger partial charge in [0.1, 0.15) is 18.8 Å². The van der Waals surface area contributed by atoms with Crippen LogP contribution in [0.15, 0.2) is 42.6 Å². The molecule has 1 aromatic heterocycles. The van der Waals surface area contributed by atoms with Crippen molar-refractivity contribution in [3.05, 3.63) is 53.7 Å². The fourth-order valence-electron chi connectivity index (χ4n) is 3.85. The molecule has 0 saturated carbocycles. The first-order valence-corrected chi connectivity index (χ1v) is 11.0. The van der Waals surface area contributed by atoms with E-state index in [-0.39, 0.29) is 13.0 Å². The van der Waals surface area contributed by atoms with Crippen LogP contribution in [0.2, 0.25) is 0 Å². The van der Waals surface area contributed by atoms with Crippen LogP contribution in [0.4, 0.5) is 0 Å². The van der Waals surface area contributed by atoms with Gasteiger partial charge in [0.25, 0.3) is 0 Å². The Hall–Kier alpha value is -3.79. The third-order valence-electron chi connectivity index (χ3n) is 5.29. The van der Waals surface area contributed by atoms with Crippen molar-refractivity contribution < 1.29 is 42.9 Å². The van der Waals surface area contributed by atoms with Crippen LogP contribution in [0.5, 0.6) is 0 Å². The SMILES string of the molecule is COC(=O)c1ccc(-c2cccc(C3OC(COC(C)=O)CC(OC(C)=O)C3OC(C)=O)c2)nc1. The highest BCUT2D eigenvalue weighted by Gasteiger charge is 2.44. The van der Waals surface area contributed by atoms with Crippen molar-refractivity contribution in [1.82, 2.24) is 4.98 Å². The molecule has 1 aliphatic rings. The maximum Gasteiger partial charge on any atom is 0.339 e. The molecular weight excluding hydrogens is 458 g/mol. The quantitative estimate of drug-likeness (QED) is 0.427. The fraction of sp³-hybridized carbons (Fsp3) is 0.400. The summed E-state index contributed by atoms with van der Waals surface area (Å²) >= 11 is 0. The molecule has 186 valence electrons. The minimum Gasteiger partial charge on any atom is -0.465 e. The molecule has 0 aliphatic carbocycles. The summed E-state index contributed by atoms with van der Waals surface area (Å²) in [4.78, 5) is 51.0. The molecule has 1 aromatic carbocycles. The molecule has 1 saturated heterocycles. The van der Waals surface area contributed by atoms with Crippen LogP contribution in [-0.4, -0.2) is 60.9 Å². The zero-order chi connectivity index (χ0) is 25.5. The Kier molecular flexibility index (Phi) is 8.53. The number of hydrogen-bond acceptors (Lipinski definition) is 10. The Bertz CT molecular complexity index is 1080. The van der Waals surface area contributed by atoms with Crippen molar-refractivity contribution in [2.45, 2.75) is 51.6 Å². The van der Waals surface area contributed by atoms with Gasteiger partial charge in [-0.25, -0.2) is 4.79 Å². The number of aromatic nitrogens is 1. The van der Waals surface area contributed by atoms with Crippen LogP contribution in [0.1, 0.15) is 49.2 Å². The second kappa shape index (κ2) is 11.6. The average molecular weight is 485 g/mol. The van der Waals surface area contributed by atoms with Crippen molar-refractivity contribution in [3.8, 4) is 11.3 Å². The molecule has 0 spiro atoms. The van der Waals surface area contributed by atoms with E-state index in [1.165, 1.54) is 34.1 Å². The number of carbonyl (C=O) groups is 4. The number of pyridine rings is 1. The number of benzene rings is 1. The Morgan fingerprint density at radius 2 is 1.74 bits per heavy atom. The van der Waals surface area contributed by atoms with Gasteiger partial charge in [-0.2, -0.15) is 0 Å². The highest BCUT2D eigenvalue weighted by Crippen LogP contribution is 2.37. The highest BCUT2D eigenvalue weighted by atomic mass is 16.6. The molecular formula is C25H27NO9. The first kappa shape index (κ1) is 25.8. The van der Waals surface area contributed by atoms with Gasteiger partial charge < -0.3 is 23.7 Å². The molecule has 4 atom stereocenters. The molecule has 2 aromatic rings. The van der Waals surface area contributed by atoms with Gasteiger partial charge in [-0.3, -0.25) is 19.4 Å². The van der Waals surface area contributed by atoms with Gasteiger partial charge >= 0.3 is 23.9 Å². The van der Waals surface area contributed by atoms with Gasteiger partial charge in [0.2, 0.25) is 0 Å². The van der Waals surface area contributed by atoms with E-state index < -0.39 is 48.3 Å². The van der Waals surface area contributed by atoms with Gasteiger partial charge in [-0.1, -0.05) is 18.2 Å². The molecule has 10 heteroatoms. The standard InChI is InChI=1S/C25H27NO9/c1-14(27)32-13-20-11-22(33-15(2)28)24(34-16(3)29)23(35-20)18-7-5-6-17(10-18)21-9-8-19(12-26-21)25(30)31-4/h5-10,12,20,22-24H,11,13H2,1-4H3. The number of esters is 4. The summed E-state index contributed by atoms with van der Waals surface area (Å²) < 4.78 is 27.0. The van der Waals surface area contributed by atoms with Gasteiger partial charge in [0.05, 0.1) is 24.5 Å². The Morgan fingerprint density at radius 3 is 2.34 bits per heavy atom. The maximum atomic E-state index is 11.9. The van der Waals surface area contributed by atoms with Crippen molar-refractivity contribution in [1.29, 1.82) is 0 Å². The van der Waals surface area contributed by atoms with E-state index in [2.05, 4.69) is 4.98 Å². The number of ether oxygens (including phenoxy) is 5. The molecule has 35 heavy (non-hydrogen) atoms. The Labute approximate surface area is 202 Å². The monoisotopic (exact) mass is 485 g/mol. The van der Waals surface area contributed by atoms with E-state index in [0.29, 0.717) is 16.8 Å². The van der Waals surface area contributed by atoms with Gasteiger partial charge in [-0.15, -0.1) is 0 Å². The molecule has 4 unspecified atom stereocenters. The topological polar surface area (TPSA) is 127 Å². The first-order valence-electron chi connectivity index (χ1n) is 11.0. The average Bonchev–Trinajstić information content (AvgIpc) is 2.83. The summed E-state index contributed by atoms with van der Waals surface area (Å²) in [6, 6.07) is 10.5. The van der Waals surface area contributed by atoms with E-state index >= 15 is 0 Å². The summed E-state index contributed by atoms with van der Waals surface area (Å²) in [5, 5.41) is 0. The number of nitrogens with zero attached hydrogens (tertiary/aromatic N) is 1. The molecule has 1 fully saturated rings. The summed E-state index contributed by atoms with van der Waals surface area (Å²) in [5.74, 6) is -2.06. The van der Waals surface area contributed by atoms with Crippen LogP contribution < -0.4 is 0 Å². The number of methoxy groups -OCH3 is 1. The van der Waals surface area contributed by atoms with Crippen LogP contribution in [0.25, 0.3) is 11.3 Å². The largest absolute Gasteiger partial charge is 0.465 e. The van der Waals surface area contributed by atoms with Crippen LogP contribution in [0.3, 0.4) is 0 Å². The number of rotatable bonds is 7. The van der Waals surface area contributed by atoms with Crippen molar-refractivity contribution >= 4 is 23.9 Å². The zero-order valence-electron chi connectivity index (χ0n) is 19.9. The summed E-state index contributed by atoms with van der Waals surface area (Å²) in [6.07, 6.45) is -1.55. The smallest absolute Gasteiger partial charge is 0.339 e. The van der Waals surface area contributed by atoms with Crippen molar-refractivity contribution in [2.75, 3.05) is 13.7 Å². The van der Waals surface area contributed by atoms with E-state index in [1.807, 2.05) is 6.07 Å². The normalized spacial score (nSPS) is 21.5. The molecule has 10 nitrogen and oxygen atoms in total. The molecule has 0 N–H and O–H groups in total. The fourth-order valence-corrected chi connectivity index (χ4v) is 3.85. The summed E-state index contributed by atoms with van der Waals surface area (Å²) in [7, 11) is 1.29. The molecule has 0 radical (unpaired) electrons. The van der Waals surface area contributed by atoms with Gasteiger partial charge in [-0.05, 0) is 23.8 Å². The van der Waals surface area contributed by atoms with E-state index in [1.54, 1.807) is 30.3 Å². The third kappa shape index (κ3) is 6.86. The number of hydrogen-bond donors (Lipinski definition) is 0. The first-order chi connectivity index (χ1) is 16.7. The van der Waals surface area contributed by atoms with E-state index in [0.717, 1.165) is 5.56 Å². The third-order valence-corrected chi connectivity index (χ3v) is 5.29. The lowest BCUT2D eigenvalue weighted by Crippen LogP contribution is -2.48. The van der Waals surface area contributed by atoms with Crippen molar-refractivity contribution in [3.63, 3.8) is 0 Å². The lowest BCUT2D eigenvalue weighted by Gasteiger charge is -2.40. The molecule has 0 bridgehead atoms. The van der Waals surface area contributed by atoms with Gasteiger partial charge in [0.15, 0.2) is 6.10 Å². The minimum atomic E-state index is -0.921. The lowest BCUT2D eigenvalue weighted by atomic mass is 9.91. The predicted octanol–water partition coefficient (Wildman–Crippen LogP) is 2.79. The van der Waals surface area contributed by atoms with E-state index in [9.17, 15) is 19.2 Å². The van der Waals surface area contributed by atoms with Crippen LogP contribution in [0, 0.1) is 0 Å². The summed E-state index contributed by atoms with van der Waals surface area (Å²) in [6.45, 7) is 3.76. The molecule has 3 rings (SSSR count). The minimum absolute atomic E-state index is 0.0490. The summed E-state index contributed by atoms with van der Waals surface area (Å²) in [5.41, 5.74) is 2.26. The van der Waals surface area contributed by atoms with Crippen LogP contribution in [-0.2, 0) is 38.1 Å². The lowest BCUT2D eigenvalue weighted by molar-refractivity contribution is -0.214. The second-order valence-corrected chi connectivity index (χ2v) is 7.99. The molecule has 0 amide bonds. The van der Waals surface area contributed by atoms with Gasteiger partial charge in [0, 0.05) is 39.0 Å².